The molecule has 0 nitrogen and oxygen atoms in total. The minimum absolute atomic E-state index is 0.158. The van der Waals surface area contributed by atoms with Crippen molar-refractivity contribution in [3.05, 3.63) is 58.2 Å². The number of halogens is 10. The van der Waals surface area contributed by atoms with Gasteiger partial charge in [0.25, 0.3) is 0 Å². The second-order valence-electron chi connectivity index (χ2n) is 6.82. The molecule has 166 valence electrons. The Morgan fingerprint density at radius 2 is 0.633 bits per heavy atom. The third-order valence-electron chi connectivity index (χ3n) is 5.79. The van der Waals surface area contributed by atoms with Crippen LogP contribution in [0.2, 0.25) is 13.3 Å². The van der Waals surface area contributed by atoms with Crippen LogP contribution in [0, 0.1) is 58.2 Å². The van der Waals surface area contributed by atoms with Crippen molar-refractivity contribution in [2.45, 2.75) is 34.1 Å². The summed E-state index contributed by atoms with van der Waals surface area (Å²) in [7, 11) is 0. The normalized spacial score (nSPS) is 12.2. The van der Waals surface area contributed by atoms with E-state index in [2.05, 4.69) is 0 Å². The zero-order chi connectivity index (χ0) is 23.1. The van der Waals surface area contributed by atoms with Crippen LogP contribution >= 0.6 is 0 Å². The first-order valence-electron chi connectivity index (χ1n) is 8.94. The van der Waals surface area contributed by atoms with E-state index in [-0.39, 0.29) is 13.3 Å². The molecule has 0 spiro atoms. The van der Waals surface area contributed by atoms with Crippen molar-refractivity contribution >= 4 is 35.9 Å². The monoisotopic (exact) mass is 616 g/mol. The van der Waals surface area contributed by atoms with Crippen LogP contribution < -0.4 is 8.79 Å². The molecule has 2 aromatic rings. The Hall–Kier alpha value is -0.918. The van der Waals surface area contributed by atoms with Crippen molar-refractivity contribution in [3.8, 4) is 0 Å². The van der Waals surface area contributed by atoms with Gasteiger partial charge in [0.05, 0.1) is 0 Å². The summed E-state index contributed by atoms with van der Waals surface area (Å²) in [5.74, 6) is -23.2. The van der Waals surface area contributed by atoms with E-state index in [1.807, 2.05) is 0 Å². The molecule has 0 N–H and O–H groups in total. The fraction of sp³-hybridized carbons (Fsp3) is 0.333. The second kappa shape index (κ2) is 9.29. The standard InChI is InChI=1S/C12HF10Ge.3C2H5.Sn/c13-1-3(15)7(19)11(8(20)4(1)16)23-12-9(21)5(17)2(14)6(18)10(12)22;3*1-2;/h23H;3*1H2,2H3;. The third kappa shape index (κ3) is 3.75. The molecule has 0 aliphatic rings. The number of rotatable bonds is 6. The Morgan fingerprint density at radius 3 is 0.833 bits per heavy atom. The first-order valence-corrected chi connectivity index (χ1v) is 27.2. The van der Waals surface area contributed by atoms with Gasteiger partial charge in [-0.25, -0.2) is 0 Å². The first kappa shape index (κ1) is 25.3. The van der Waals surface area contributed by atoms with Gasteiger partial charge in [0.15, 0.2) is 0 Å². The average Bonchev–Trinajstić information content (AvgIpc) is 2.75. The Morgan fingerprint density at radius 1 is 0.433 bits per heavy atom. The van der Waals surface area contributed by atoms with Crippen LogP contribution in [-0.4, -0.2) is 27.1 Å². The Kier molecular flexibility index (Phi) is 7.85. The van der Waals surface area contributed by atoms with Crippen molar-refractivity contribution in [1.82, 2.24) is 0 Å². The SMILES string of the molecule is C[CH2][Sn]([CH2]C)([CH2]C)[GeH]([c]1c(F)c(F)c(F)c(F)c1F)[c]1c(F)c(F)c(F)c(F)c1F. The van der Waals surface area contributed by atoms with Gasteiger partial charge >= 0.3 is 172 Å². The zero-order valence-electron chi connectivity index (χ0n) is 16.0. The molecule has 0 heterocycles. The van der Waals surface area contributed by atoms with E-state index in [1.54, 1.807) is 20.8 Å². The second-order valence-corrected chi connectivity index (χ2v) is 50.7. The van der Waals surface area contributed by atoms with Crippen LogP contribution in [-0.2, 0) is 0 Å². The molecule has 0 aliphatic carbocycles. The zero-order valence-corrected chi connectivity index (χ0v) is 21.3. The molecule has 0 saturated heterocycles. The van der Waals surface area contributed by atoms with Gasteiger partial charge in [-0.1, -0.05) is 0 Å². The summed E-state index contributed by atoms with van der Waals surface area (Å²) in [6.07, 6.45) is 0. The van der Waals surface area contributed by atoms with Crippen LogP contribution in [0.3, 0.4) is 0 Å². The van der Waals surface area contributed by atoms with Gasteiger partial charge in [0.2, 0.25) is 0 Å². The van der Waals surface area contributed by atoms with Gasteiger partial charge in [0.1, 0.15) is 0 Å². The predicted octanol–water partition coefficient (Wildman–Crippen LogP) is 5.01. The van der Waals surface area contributed by atoms with E-state index in [9.17, 15) is 43.9 Å². The molecule has 0 aromatic heterocycles. The van der Waals surface area contributed by atoms with Gasteiger partial charge in [-0.15, -0.1) is 0 Å². The van der Waals surface area contributed by atoms with Gasteiger partial charge < -0.3 is 0 Å². The van der Waals surface area contributed by atoms with E-state index in [1.165, 1.54) is 0 Å². The Labute approximate surface area is 171 Å². The Bertz CT molecular complexity index is 854. The summed E-state index contributed by atoms with van der Waals surface area (Å²) in [5, 5.41) is 0. The fourth-order valence-electron chi connectivity index (χ4n) is 3.87. The van der Waals surface area contributed by atoms with Gasteiger partial charge in [-0.2, -0.15) is 0 Å². The molecule has 0 atom stereocenters. The molecule has 0 fully saturated rings. The summed E-state index contributed by atoms with van der Waals surface area (Å²) in [4.78, 5) is 0. The van der Waals surface area contributed by atoms with E-state index in [4.69, 9.17) is 0 Å². The van der Waals surface area contributed by atoms with Crippen molar-refractivity contribution in [1.29, 1.82) is 0 Å². The molecular formula is C18H16F10GeSn. The summed E-state index contributed by atoms with van der Waals surface area (Å²) in [6, 6.07) is 0. The molecule has 2 aromatic carbocycles. The molecule has 0 aliphatic heterocycles. The predicted molar refractivity (Wildman–Crippen MR) is 96.1 cm³/mol. The van der Waals surface area contributed by atoms with E-state index in [0.29, 0.717) is 0 Å². The minimum atomic E-state index is -4.78. The summed E-state index contributed by atoms with van der Waals surface area (Å²) in [5.41, 5.74) is 0. The van der Waals surface area contributed by atoms with E-state index < -0.39 is 94.0 Å². The van der Waals surface area contributed by atoms with Crippen LogP contribution in [0.4, 0.5) is 43.9 Å². The molecular weight excluding hydrogens is 597 g/mol. The molecule has 0 unspecified atom stereocenters. The van der Waals surface area contributed by atoms with Crippen LogP contribution in [0.25, 0.3) is 0 Å². The Balaban J connectivity index is 3.14. The van der Waals surface area contributed by atoms with E-state index >= 15 is 0 Å². The average molecular weight is 614 g/mol. The summed E-state index contributed by atoms with van der Waals surface area (Å²) in [6.45, 7) is 4.62. The summed E-state index contributed by atoms with van der Waals surface area (Å²) < 4.78 is 139. The maximum atomic E-state index is 14.7. The number of hydrogen-bond acceptors (Lipinski definition) is 0. The van der Waals surface area contributed by atoms with Gasteiger partial charge in [-0.05, 0) is 0 Å². The van der Waals surface area contributed by atoms with Crippen LogP contribution in [0.1, 0.15) is 20.8 Å². The van der Waals surface area contributed by atoms with Crippen LogP contribution in [0.5, 0.6) is 0 Å². The molecule has 2 rings (SSSR count). The van der Waals surface area contributed by atoms with Gasteiger partial charge in [0, 0.05) is 0 Å². The fourth-order valence-corrected chi connectivity index (χ4v) is 60.9. The quantitative estimate of drug-likeness (QED) is 0.186. The number of hydrogen-bond donors (Lipinski definition) is 0. The third-order valence-corrected chi connectivity index (χ3v) is 68.9. The van der Waals surface area contributed by atoms with E-state index in [0.717, 1.165) is 0 Å². The van der Waals surface area contributed by atoms with Crippen molar-refractivity contribution < 1.29 is 43.9 Å². The number of benzene rings is 2. The van der Waals surface area contributed by atoms with Gasteiger partial charge in [-0.3, -0.25) is 0 Å². The molecule has 12 heteroatoms. The molecule has 30 heavy (non-hydrogen) atoms. The molecule has 0 saturated carbocycles. The molecule has 0 bridgehead atoms. The summed E-state index contributed by atoms with van der Waals surface area (Å²) >= 11 is -8.99. The maximum absolute atomic E-state index is 14.7. The molecule has 0 radical (unpaired) electrons. The van der Waals surface area contributed by atoms with Crippen molar-refractivity contribution in [2.24, 2.45) is 0 Å². The topological polar surface area (TPSA) is 0 Å². The van der Waals surface area contributed by atoms with Crippen molar-refractivity contribution in [3.63, 3.8) is 0 Å². The van der Waals surface area contributed by atoms with Crippen LogP contribution in [0.15, 0.2) is 0 Å². The molecule has 0 amide bonds. The van der Waals surface area contributed by atoms with Crippen molar-refractivity contribution in [2.75, 3.05) is 0 Å². The first-order chi connectivity index (χ1) is 13.9.